The standard InChI is InChI=1S/C24H27N3O5/c1-16-11-19(18(3)27(16)21-5-7-22(30-4)8-6-21)12-20(13-25)24(29)32-15-23(28)26-9-10-31-17(2)14-26/h5-8,11-12,17H,9-10,14-15H2,1-4H3/b20-12+. The van der Waals surface area contributed by atoms with E-state index in [1.54, 1.807) is 12.0 Å². The largest absolute Gasteiger partial charge is 0.497 e. The van der Waals surface area contributed by atoms with Gasteiger partial charge in [0.25, 0.3) is 5.91 Å². The predicted molar refractivity (Wildman–Crippen MR) is 118 cm³/mol. The number of hydrogen-bond acceptors (Lipinski definition) is 6. The summed E-state index contributed by atoms with van der Waals surface area (Å²) in [6, 6.07) is 11.4. The molecule has 1 saturated heterocycles. The van der Waals surface area contributed by atoms with Crippen molar-refractivity contribution in [2.75, 3.05) is 33.4 Å². The molecule has 1 fully saturated rings. The van der Waals surface area contributed by atoms with E-state index < -0.39 is 12.6 Å². The minimum absolute atomic E-state index is 0.0566. The summed E-state index contributed by atoms with van der Waals surface area (Å²) in [6.45, 7) is 6.69. The molecule has 0 saturated carbocycles. The first kappa shape index (κ1) is 23.1. The Morgan fingerprint density at radius 2 is 2.00 bits per heavy atom. The van der Waals surface area contributed by atoms with Crippen LogP contribution in [-0.2, 0) is 19.1 Å². The molecule has 0 spiro atoms. The summed E-state index contributed by atoms with van der Waals surface area (Å²) in [5.74, 6) is -0.369. The van der Waals surface area contributed by atoms with Gasteiger partial charge in [-0.1, -0.05) is 0 Å². The smallest absolute Gasteiger partial charge is 0.349 e. The Morgan fingerprint density at radius 3 is 2.62 bits per heavy atom. The molecule has 1 aliphatic heterocycles. The lowest BCUT2D eigenvalue weighted by Crippen LogP contribution is -2.46. The second-order valence-corrected chi connectivity index (χ2v) is 7.63. The van der Waals surface area contributed by atoms with Crippen LogP contribution in [0.25, 0.3) is 11.8 Å². The van der Waals surface area contributed by atoms with E-state index in [0.29, 0.717) is 19.7 Å². The maximum absolute atomic E-state index is 12.4. The van der Waals surface area contributed by atoms with Crippen LogP contribution in [0.1, 0.15) is 23.9 Å². The summed E-state index contributed by atoms with van der Waals surface area (Å²) >= 11 is 0. The highest BCUT2D eigenvalue weighted by molar-refractivity contribution is 5.99. The summed E-state index contributed by atoms with van der Waals surface area (Å²) in [5.41, 5.74) is 3.31. The zero-order valence-electron chi connectivity index (χ0n) is 18.8. The maximum atomic E-state index is 12.4. The molecular formula is C24H27N3O5. The molecule has 8 nitrogen and oxygen atoms in total. The lowest BCUT2D eigenvalue weighted by molar-refractivity contribution is -0.152. The maximum Gasteiger partial charge on any atom is 0.349 e. The van der Waals surface area contributed by atoms with Crippen LogP contribution in [0.3, 0.4) is 0 Å². The van der Waals surface area contributed by atoms with E-state index in [0.717, 1.165) is 28.4 Å². The molecule has 0 aliphatic carbocycles. The fourth-order valence-electron chi connectivity index (χ4n) is 3.70. The Morgan fingerprint density at radius 1 is 1.28 bits per heavy atom. The molecule has 2 heterocycles. The molecule has 0 N–H and O–H groups in total. The van der Waals surface area contributed by atoms with Crippen molar-refractivity contribution in [3.8, 4) is 17.5 Å². The number of aryl methyl sites for hydroxylation is 1. The third-order valence-electron chi connectivity index (χ3n) is 5.36. The first-order valence-electron chi connectivity index (χ1n) is 10.4. The highest BCUT2D eigenvalue weighted by atomic mass is 16.5. The van der Waals surface area contributed by atoms with Gasteiger partial charge < -0.3 is 23.7 Å². The van der Waals surface area contributed by atoms with Gasteiger partial charge in [0.1, 0.15) is 17.4 Å². The number of ether oxygens (including phenoxy) is 3. The Kier molecular flexibility index (Phi) is 7.33. The van der Waals surface area contributed by atoms with E-state index >= 15 is 0 Å². The molecule has 0 bridgehead atoms. The molecule has 0 radical (unpaired) electrons. The molecule has 168 valence electrons. The summed E-state index contributed by atoms with van der Waals surface area (Å²) < 4.78 is 17.8. The zero-order valence-corrected chi connectivity index (χ0v) is 18.8. The number of carbonyl (C=O) groups excluding carboxylic acids is 2. The number of morpholine rings is 1. The Labute approximate surface area is 187 Å². The van der Waals surface area contributed by atoms with Crippen molar-refractivity contribution in [2.45, 2.75) is 26.9 Å². The van der Waals surface area contributed by atoms with Crippen LogP contribution in [0, 0.1) is 25.2 Å². The molecule has 1 aromatic heterocycles. The molecule has 2 aromatic rings. The van der Waals surface area contributed by atoms with Gasteiger partial charge >= 0.3 is 5.97 Å². The Hall–Kier alpha value is -3.57. The zero-order chi connectivity index (χ0) is 23.3. The van der Waals surface area contributed by atoms with E-state index in [-0.39, 0.29) is 17.6 Å². The van der Waals surface area contributed by atoms with E-state index in [2.05, 4.69) is 0 Å². The first-order valence-corrected chi connectivity index (χ1v) is 10.4. The lowest BCUT2D eigenvalue weighted by atomic mass is 10.1. The third-order valence-corrected chi connectivity index (χ3v) is 5.36. The van der Waals surface area contributed by atoms with E-state index in [4.69, 9.17) is 14.2 Å². The molecule has 1 aromatic carbocycles. The van der Waals surface area contributed by atoms with Crippen molar-refractivity contribution >= 4 is 18.0 Å². The minimum Gasteiger partial charge on any atom is -0.497 e. The highest BCUT2D eigenvalue weighted by Crippen LogP contribution is 2.24. The van der Waals surface area contributed by atoms with Gasteiger partial charge in [-0.15, -0.1) is 0 Å². The second-order valence-electron chi connectivity index (χ2n) is 7.63. The molecule has 1 unspecified atom stereocenters. The molecule has 32 heavy (non-hydrogen) atoms. The van der Waals surface area contributed by atoms with Crippen LogP contribution >= 0.6 is 0 Å². The number of nitriles is 1. The number of benzene rings is 1. The van der Waals surface area contributed by atoms with Crippen LogP contribution in [0.2, 0.25) is 0 Å². The number of hydrogen-bond donors (Lipinski definition) is 0. The number of methoxy groups -OCH3 is 1. The van der Waals surface area contributed by atoms with Crippen LogP contribution < -0.4 is 4.74 Å². The summed E-state index contributed by atoms with van der Waals surface area (Å²) in [5, 5.41) is 9.50. The average Bonchev–Trinajstić information content (AvgIpc) is 3.08. The average molecular weight is 437 g/mol. The monoisotopic (exact) mass is 437 g/mol. The number of amides is 1. The van der Waals surface area contributed by atoms with Crippen molar-refractivity contribution < 1.29 is 23.8 Å². The van der Waals surface area contributed by atoms with Crippen molar-refractivity contribution in [3.63, 3.8) is 0 Å². The molecule has 1 aliphatic rings. The third kappa shape index (κ3) is 5.18. The van der Waals surface area contributed by atoms with Gasteiger partial charge in [0.05, 0.1) is 19.8 Å². The van der Waals surface area contributed by atoms with Crippen molar-refractivity contribution in [1.82, 2.24) is 9.47 Å². The summed E-state index contributed by atoms with van der Waals surface area (Å²) in [7, 11) is 1.61. The van der Waals surface area contributed by atoms with Crippen LogP contribution in [0.15, 0.2) is 35.9 Å². The molecule has 1 amide bonds. The molecular weight excluding hydrogens is 410 g/mol. The lowest BCUT2D eigenvalue weighted by Gasteiger charge is -2.30. The van der Waals surface area contributed by atoms with Crippen molar-refractivity contribution in [1.29, 1.82) is 5.26 Å². The fraction of sp³-hybridized carbons (Fsp3) is 0.375. The van der Waals surface area contributed by atoms with Crippen LogP contribution in [0.4, 0.5) is 0 Å². The van der Waals surface area contributed by atoms with Crippen LogP contribution in [0.5, 0.6) is 5.75 Å². The Balaban J connectivity index is 1.73. The van der Waals surface area contributed by atoms with Gasteiger partial charge in [0, 0.05) is 30.2 Å². The van der Waals surface area contributed by atoms with Gasteiger partial charge in [-0.2, -0.15) is 5.26 Å². The molecule has 3 rings (SSSR count). The van der Waals surface area contributed by atoms with Gasteiger partial charge in [0.2, 0.25) is 0 Å². The normalized spacial score (nSPS) is 16.4. The van der Waals surface area contributed by atoms with Gasteiger partial charge in [0.15, 0.2) is 6.61 Å². The van der Waals surface area contributed by atoms with E-state index in [1.165, 1.54) is 6.08 Å². The SMILES string of the molecule is COc1ccc(-n2c(C)cc(/C=C(\C#N)C(=O)OCC(=O)N3CCOC(C)C3)c2C)cc1. The second kappa shape index (κ2) is 10.2. The van der Waals surface area contributed by atoms with Gasteiger partial charge in [-0.3, -0.25) is 4.79 Å². The Bertz CT molecular complexity index is 1060. The first-order chi connectivity index (χ1) is 15.3. The topological polar surface area (TPSA) is 93.8 Å². The summed E-state index contributed by atoms with van der Waals surface area (Å²) in [4.78, 5) is 26.3. The minimum atomic E-state index is -0.823. The molecule has 1 atom stereocenters. The van der Waals surface area contributed by atoms with Gasteiger partial charge in [-0.25, -0.2) is 4.79 Å². The number of aromatic nitrogens is 1. The number of rotatable bonds is 6. The predicted octanol–water partition coefficient (Wildman–Crippen LogP) is 2.80. The van der Waals surface area contributed by atoms with Crippen LogP contribution in [-0.4, -0.2) is 60.9 Å². The number of carbonyl (C=O) groups is 2. The number of esters is 1. The fourth-order valence-corrected chi connectivity index (χ4v) is 3.70. The summed E-state index contributed by atoms with van der Waals surface area (Å²) in [6.07, 6.45) is 1.44. The van der Waals surface area contributed by atoms with E-state index in [1.807, 2.05) is 61.7 Å². The quantitative estimate of drug-likeness (QED) is 0.392. The van der Waals surface area contributed by atoms with Gasteiger partial charge in [-0.05, 0) is 62.7 Å². The highest BCUT2D eigenvalue weighted by Gasteiger charge is 2.23. The van der Waals surface area contributed by atoms with E-state index in [9.17, 15) is 14.9 Å². The van der Waals surface area contributed by atoms with Crippen molar-refractivity contribution in [2.24, 2.45) is 0 Å². The molecule has 8 heteroatoms. The number of nitrogens with zero attached hydrogens (tertiary/aromatic N) is 3. The van der Waals surface area contributed by atoms with Crippen molar-refractivity contribution in [3.05, 3.63) is 52.9 Å².